The van der Waals surface area contributed by atoms with Gasteiger partial charge in [-0.25, -0.2) is 0 Å². The minimum absolute atomic E-state index is 0. The van der Waals surface area contributed by atoms with E-state index in [9.17, 15) is 4.79 Å². The molecular weight excluding hydrogens is 435 g/mol. The summed E-state index contributed by atoms with van der Waals surface area (Å²) in [5.74, 6) is 0.953. The molecule has 2 N–H and O–H groups in total. The van der Waals surface area contributed by atoms with Gasteiger partial charge in [0.15, 0.2) is 5.96 Å². The van der Waals surface area contributed by atoms with Crippen LogP contribution >= 0.6 is 35.3 Å². The lowest BCUT2D eigenvalue weighted by atomic mass is 9.65. The maximum atomic E-state index is 11.8. The third kappa shape index (κ3) is 4.41. The highest BCUT2D eigenvalue weighted by molar-refractivity contribution is 14.0. The summed E-state index contributed by atoms with van der Waals surface area (Å²) in [6.45, 7) is 11.6. The number of nitrogens with one attached hydrogen (secondary N) is 2. The number of aliphatic imine (C=N–C) groups is 1. The lowest BCUT2D eigenvalue weighted by Crippen LogP contribution is -2.72. The Morgan fingerprint density at radius 2 is 1.96 bits per heavy atom. The lowest BCUT2D eigenvalue weighted by molar-refractivity contribution is -0.0667. The number of thiophene rings is 1. The second-order valence-corrected chi connectivity index (χ2v) is 8.04. The Morgan fingerprint density at radius 1 is 1.29 bits per heavy atom. The third-order valence-corrected chi connectivity index (χ3v) is 5.89. The van der Waals surface area contributed by atoms with Gasteiger partial charge in [0.25, 0.3) is 5.91 Å². The molecule has 2 heterocycles. The van der Waals surface area contributed by atoms with Gasteiger partial charge >= 0.3 is 0 Å². The second kappa shape index (κ2) is 8.51. The van der Waals surface area contributed by atoms with Crippen LogP contribution in [0.25, 0.3) is 0 Å². The van der Waals surface area contributed by atoms with E-state index in [0.29, 0.717) is 12.0 Å². The van der Waals surface area contributed by atoms with Crippen molar-refractivity contribution in [3.05, 3.63) is 22.4 Å². The van der Waals surface area contributed by atoms with Crippen molar-refractivity contribution in [1.29, 1.82) is 0 Å². The van der Waals surface area contributed by atoms with E-state index >= 15 is 0 Å². The average Bonchev–Trinajstić information content (AvgIpc) is 3.03. The smallest absolute Gasteiger partial charge is 0.261 e. The monoisotopic (exact) mass is 464 g/mol. The number of hydrogen-bond acceptors (Lipinski definition) is 3. The van der Waals surface area contributed by atoms with Crippen LogP contribution in [0.3, 0.4) is 0 Å². The van der Waals surface area contributed by atoms with Crippen LogP contribution in [0.1, 0.15) is 43.8 Å². The quantitative estimate of drug-likeness (QED) is 0.305. The third-order valence-electron chi connectivity index (χ3n) is 5.02. The minimum Gasteiger partial charge on any atom is -0.356 e. The first kappa shape index (κ1) is 21.2. The van der Waals surface area contributed by atoms with Crippen LogP contribution in [-0.2, 0) is 0 Å². The van der Waals surface area contributed by atoms with Crippen molar-refractivity contribution in [3.63, 3.8) is 0 Å². The molecule has 1 saturated heterocycles. The van der Waals surface area contributed by atoms with E-state index < -0.39 is 0 Å². The first-order valence-corrected chi connectivity index (χ1v) is 8.97. The van der Waals surface area contributed by atoms with Crippen molar-refractivity contribution in [2.75, 3.05) is 26.7 Å². The number of rotatable bonds is 5. The zero-order chi connectivity index (χ0) is 17.1. The van der Waals surface area contributed by atoms with Crippen molar-refractivity contribution >= 4 is 47.2 Å². The number of guanidine groups is 1. The highest BCUT2D eigenvalue weighted by atomic mass is 127. The maximum absolute atomic E-state index is 11.8. The molecule has 1 aliphatic heterocycles. The van der Waals surface area contributed by atoms with Crippen LogP contribution in [0.5, 0.6) is 0 Å². The Hall–Kier alpha value is -0.830. The van der Waals surface area contributed by atoms with Crippen molar-refractivity contribution in [2.45, 2.75) is 39.7 Å². The largest absolute Gasteiger partial charge is 0.356 e. The Kier molecular flexibility index (Phi) is 7.52. The summed E-state index contributed by atoms with van der Waals surface area (Å²) in [5, 5.41) is 8.26. The standard InChI is InChI=1S/C17H28N4OS.HI/c1-16(2)12-21(17(16,3)4)15(18-5)20-10-7-9-19-14(22)13-8-6-11-23-13;/h6,8,11H,7,9-10,12H2,1-5H3,(H,18,20)(H,19,22);1H. The van der Waals surface area contributed by atoms with Gasteiger partial charge in [-0.3, -0.25) is 9.79 Å². The lowest BCUT2D eigenvalue weighted by Gasteiger charge is -2.62. The zero-order valence-corrected chi connectivity index (χ0v) is 18.3. The highest BCUT2D eigenvalue weighted by Gasteiger charge is 2.53. The molecule has 0 spiro atoms. The van der Waals surface area contributed by atoms with Gasteiger partial charge in [0.05, 0.1) is 4.88 Å². The van der Waals surface area contributed by atoms with E-state index in [0.717, 1.165) is 30.3 Å². The van der Waals surface area contributed by atoms with E-state index in [1.165, 1.54) is 11.3 Å². The Labute approximate surface area is 166 Å². The zero-order valence-electron chi connectivity index (χ0n) is 15.2. The van der Waals surface area contributed by atoms with Gasteiger partial charge < -0.3 is 15.5 Å². The van der Waals surface area contributed by atoms with Gasteiger partial charge in [-0.15, -0.1) is 35.3 Å². The van der Waals surface area contributed by atoms with Gasteiger partial charge in [0.1, 0.15) is 0 Å². The summed E-state index contributed by atoms with van der Waals surface area (Å²) in [7, 11) is 1.82. The summed E-state index contributed by atoms with van der Waals surface area (Å²) in [6.07, 6.45) is 0.869. The van der Waals surface area contributed by atoms with Crippen LogP contribution < -0.4 is 10.6 Å². The molecule has 1 fully saturated rings. The maximum Gasteiger partial charge on any atom is 0.261 e. The molecule has 5 nitrogen and oxygen atoms in total. The molecule has 1 aliphatic rings. The average molecular weight is 464 g/mol. The number of carbonyl (C=O) groups excluding carboxylic acids is 1. The number of hydrogen-bond donors (Lipinski definition) is 2. The number of nitrogens with zero attached hydrogens (tertiary/aromatic N) is 2. The molecule has 7 heteroatoms. The second-order valence-electron chi connectivity index (χ2n) is 7.09. The Morgan fingerprint density at radius 3 is 2.46 bits per heavy atom. The van der Waals surface area contributed by atoms with E-state index in [4.69, 9.17) is 0 Å². The number of halogens is 1. The first-order valence-electron chi connectivity index (χ1n) is 8.09. The summed E-state index contributed by atoms with van der Waals surface area (Å²) in [5.41, 5.74) is 0.390. The first-order chi connectivity index (χ1) is 10.8. The number of amides is 1. The fourth-order valence-electron chi connectivity index (χ4n) is 2.68. The topological polar surface area (TPSA) is 56.7 Å². The minimum atomic E-state index is 0. The SMILES string of the molecule is CN=C(NCCCNC(=O)c1cccs1)N1CC(C)(C)C1(C)C.I. The van der Waals surface area contributed by atoms with Crippen molar-refractivity contribution < 1.29 is 4.79 Å². The summed E-state index contributed by atoms with van der Waals surface area (Å²) < 4.78 is 0. The molecule has 0 aliphatic carbocycles. The van der Waals surface area contributed by atoms with E-state index in [-0.39, 0.29) is 35.4 Å². The van der Waals surface area contributed by atoms with Crippen LogP contribution in [0, 0.1) is 5.41 Å². The molecule has 0 saturated carbocycles. The number of carbonyl (C=O) groups is 1. The van der Waals surface area contributed by atoms with Crippen molar-refractivity contribution in [3.8, 4) is 0 Å². The van der Waals surface area contributed by atoms with Crippen LogP contribution in [0.4, 0.5) is 0 Å². The normalized spacial score (nSPS) is 18.4. The fourth-order valence-corrected chi connectivity index (χ4v) is 3.32. The Bertz CT molecular complexity index is 569. The van der Waals surface area contributed by atoms with Gasteiger partial charge in [-0.2, -0.15) is 0 Å². The van der Waals surface area contributed by atoms with Crippen LogP contribution in [0.2, 0.25) is 0 Å². The van der Waals surface area contributed by atoms with Gasteiger partial charge in [-0.1, -0.05) is 19.9 Å². The number of likely N-dealkylation sites (tertiary alicyclic amines) is 1. The van der Waals surface area contributed by atoms with Crippen molar-refractivity contribution in [1.82, 2.24) is 15.5 Å². The molecule has 0 bridgehead atoms. The predicted octanol–water partition coefficient (Wildman–Crippen LogP) is 3.18. The molecule has 136 valence electrons. The molecule has 0 radical (unpaired) electrons. The molecule has 1 amide bonds. The fraction of sp³-hybridized carbons (Fsp3) is 0.647. The molecule has 2 rings (SSSR count). The van der Waals surface area contributed by atoms with Gasteiger partial charge in [-0.05, 0) is 31.7 Å². The molecule has 0 atom stereocenters. The summed E-state index contributed by atoms with van der Waals surface area (Å²) >= 11 is 1.46. The molecule has 0 unspecified atom stereocenters. The highest BCUT2D eigenvalue weighted by Crippen LogP contribution is 2.46. The van der Waals surface area contributed by atoms with E-state index in [1.54, 1.807) is 0 Å². The van der Waals surface area contributed by atoms with Gasteiger partial charge in [0, 0.05) is 37.6 Å². The molecule has 1 aromatic rings. The molecule has 0 aromatic carbocycles. The molecule has 1 aromatic heterocycles. The predicted molar refractivity (Wildman–Crippen MR) is 113 cm³/mol. The summed E-state index contributed by atoms with van der Waals surface area (Å²) in [4.78, 5) is 19.3. The summed E-state index contributed by atoms with van der Waals surface area (Å²) in [6, 6.07) is 3.73. The van der Waals surface area contributed by atoms with E-state index in [1.807, 2.05) is 24.6 Å². The Balaban J connectivity index is 0.00000288. The van der Waals surface area contributed by atoms with Crippen molar-refractivity contribution in [2.24, 2.45) is 10.4 Å². The molecular formula is C17H29IN4OS. The van der Waals surface area contributed by atoms with Crippen LogP contribution in [0.15, 0.2) is 22.5 Å². The molecule has 24 heavy (non-hydrogen) atoms. The van der Waals surface area contributed by atoms with Gasteiger partial charge in [0.2, 0.25) is 0 Å². The van der Waals surface area contributed by atoms with Crippen LogP contribution in [-0.4, -0.2) is 49.0 Å². The van der Waals surface area contributed by atoms with E-state index in [2.05, 4.69) is 48.2 Å².